The zero-order valence-electron chi connectivity index (χ0n) is 11.5. The lowest BCUT2D eigenvalue weighted by Gasteiger charge is -2.23. The smallest absolute Gasteiger partial charge is 0.324 e. The minimum absolute atomic E-state index is 0.312. The van der Waals surface area contributed by atoms with Crippen molar-refractivity contribution in [2.24, 2.45) is 0 Å². The highest BCUT2D eigenvalue weighted by atomic mass is 16.5. The van der Waals surface area contributed by atoms with Gasteiger partial charge >= 0.3 is 5.97 Å². The molecule has 0 heterocycles. The molecule has 0 aliphatic heterocycles. The standard InChI is InChI=1S/C15H21NO3/c1-16-15(13(17)18)11-14(15,9-6-10-19-2)12-7-4-3-5-8-12/h3-5,7-8,16H,6,9-11H2,1-2H3,(H,17,18). The van der Waals surface area contributed by atoms with Gasteiger partial charge in [-0.1, -0.05) is 30.3 Å². The van der Waals surface area contributed by atoms with Gasteiger partial charge in [-0.25, -0.2) is 0 Å². The van der Waals surface area contributed by atoms with Crippen LogP contribution in [0.1, 0.15) is 24.8 Å². The lowest BCUT2D eigenvalue weighted by atomic mass is 9.86. The van der Waals surface area contributed by atoms with Gasteiger partial charge in [-0.05, 0) is 31.9 Å². The summed E-state index contributed by atoms with van der Waals surface area (Å²) < 4.78 is 5.10. The van der Waals surface area contributed by atoms with Gasteiger partial charge in [0.15, 0.2) is 0 Å². The number of hydrogen-bond donors (Lipinski definition) is 2. The van der Waals surface area contributed by atoms with Gasteiger partial charge < -0.3 is 15.2 Å². The molecule has 1 aliphatic rings. The highest BCUT2D eigenvalue weighted by Gasteiger charge is 2.71. The molecule has 0 saturated heterocycles. The molecule has 1 saturated carbocycles. The number of aliphatic carboxylic acids is 1. The fraction of sp³-hybridized carbons (Fsp3) is 0.533. The van der Waals surface area contributed by atoms with Crippen LogP contribution in [0.5, 0.6) is 0 Å². The maximum absolute atomic E-state index is 11.6. The van der Waals surface area contributed by atoms with Crippen LogP contribution in [0, 0.1) is 0 Å². The number of methoxy groups -OCH3 is 1. The van der Waals surface area contributed by atoms with Crippen molar-refractivity contribution in [3.63, 3.8) is 0 Å². The zero-order valence-corrected chi connectivity index (χ0v) is 11.5. The molecule has 104 valence electrons. The van der Waals surface area contributed by atoms with E-state index >= 15 is 0 Å². The van der Waals surface area contributed by atoms with E-state index in [2.05, 4.69) is 5.32 Å². The quantitative estimate of drug-likeness (QED) is 0.736. The number of carboxylic acid groups (broad SMARTS) is 1. The number of benzene rings is 1. The third kappa shape index (κ3) is 2.15. The molecule has 1 aliphatic carbocycles. The minimum Gasteiger partial charge on any atom is -0.480 e. The fourth-order valence-electron chi connectivity index (χ4n) is 3.19. The summed E-state index contributed by atoms with van der Waals surface area (Å²) >= 11 is 0. The van der Waals surface area contributed by atoms with Gasteiger partial charge in [-0.3, -0.25) is 4.79 Å². The Hall–Kier alpha value is -1.39. The highest BCUT2D eigenvalue weighted by molar-refractivity contribution is 5.87. The molecule has 0 bridgehead atoms. The first kappa shape index (κ1) is 14.0. The van der Waals surface area contributed by atoms with Crippen LogP contribution in [0.4, 0.5) is 0 Å². The molecule has 2 rings (SSSR count). The lowest BCUT2D eigenvalue weighted by Crippen LogP contribution is -2.44. The molecule has 0 aromatic heterocycles. The molecule has 4 nitrogen and oxygen atoms in total. The second kappa shape index (κ2) is 5.31. The normalized spacial score (nSPS) is 29.2. The monoisotopic (exact) mass is 263 g/mol. The molecule has 19 heavy (non-hydrogen) atoms. The van der Waals surface area contributed by atoms with Crippen molar-refractivity contribution >= 4 is 5.97 Å². The van der Waals surface area contributed by atoms with Crippen molar-refractivity contribution in [1.82, 2.24) is 5.32 Å². The van der Waals surface area contributed by atoms with Gasteiger partial charge in [0.05, 0.1) is 0 Å². The third-order valence-electron chi connectivity index (χ3n) is 4.33. The van der Waals surface area contributed by atoms with Gasteiger partial charge in [-0.15, -0.1) is 0 Å². The van der Waals surface area contributed by atoms with E-state index in [1.54, 1.807) is 14.2 Å². The molecule has 1 aromatic carbocycles. The molecule has 1 aromatic rings. The summed E-state index contributed by atoms with van der Waals surface area (Å²) in [6.07, 6.45) is 2.32. The molecule has 2 unspecified atom stereocenters. The SMILES string of the molecule is CNC1(C(=O)O)CC1(CCCOC)c1ccccc1. The van der Waals surface area contributed by atoms with E-state index in [1.807, 2.05) is 30.3 Å². The van der Waals surface area contributed by atoms with Crippen LogP contribution in [0.2, 0.25) is 0 Å². The Balaban J connectivity index is 2.29. The maximum atomic E-state index is 11.6. The van der Waals surface area contributed by atoms with Gasteiger partial charge in [0.2, 0.25) is 0 Å². The van der Waals surface area contributed by atoms with Crippen molar-refractivity contribution < 1.29 is 14.6 Å². The zero-order chi connectivity index (χ0) is 13.9. The first-order valence-corrected chi connectivity index (χ1v) is 6.60. The van der Waals surface area contributed by atoms with Gasteiger partial charge in [0.25, 0.3) is 0 Å². The van der Waals surface area contributed by atoms with Crippen LogP contribution in [-0.2, 0) is 14.9 Å². The lowest BCUT2D eigenvalue weighted by molar-refractivity contribution is -0.141. The Morgan fingerprint density at radius 2 is 2.11 bits per heavy atom. The van der Waals surface area contributed by atoms with Crippen molar-refractivity contribution in [3.05, 3.63) is 35.9 Å². The van der Waals surface area contributed by atoms with Gasteiger partial charge in [0.1, 0.15) is 5.54 Å². The summed E-state index contributed by atoms with van der Waals surface area (Å²) in [5.74, 6) is -0.767. The Morgan fingerprint density at radius 3 is 2.58 bits per heavy atom. The summed E-state index contributed by atoms with van der Waals surface area (Å²) in [5.41, 5.74) is -0.0435. The summed E-state index contributed by atoms with van der Waals surface area (Å²) in [6, 6.07) is 9.93. The predicted molar refractivity (Wildman–Crippen MR) is 73.3 cm³/mol. The second-order valence-electron chi connectivity index (χ2n) is 5.18. The Bertz CT molecular complexity index is 448. The Morgan fingerprint density at radius 1 is 1.42 bits per heavy atom. The van der Waals surface area contributed by atoms with E-state index in [0.717, 1.165) is 18.4 Å². The van der Waals surface area contributed by atoms with Crippen molar-refractivity contribution in [1.29, 1.82) is 0 Å². The van der Waals surface area contributed by atoms with E-state index < -0.39 is 11.5 Å². The average molecular weight is 263 g/mol. The number of nitrogens with one attached hydrogen (secondary N) is 1. The molecule has 1 fully saturated rings. The number of rotatable bonds is 7. The molecule has 2 atom stereocenters. The summed E-state index contributed by atoms with van der Waals surface area (Å²) in [6.45, 7) is 0.661. The van der Waals surface area contributed by atoms with Crippen LogP contribution in [0.3, 0.4) is 0 Å². The molecular weight excluding hydrogens is 242 g/mol. The highest BCUT2D eigenvalue weighted by Crippen LogP contribution is 2.60. The molecule has 0 spiro atoms. The topological polar surface area (TPSA) is 58.6 Å². The van der Waals surface area contributed by atoms with Crippen molar-refractivity contribution in [2.45, 2.75) is 30.2 Å². The molecular formula is C15H21NO3. The van der Waals surface area contributed by atoms with Crippen molar-refractivity contribution in [3.8, 4) is 0 Å². The Labute approximate surface area is 113 Å². The van der Waals surface area contributed by atoms with Gasteiger partial charge in [-0.2, -0.15) is 0 Å². The summed E-state index contributed by atoms with van der Waals surface area (Å²) in [7, 11) is 3.40. The first-order valence-electron chi connectivity index (χ1n) is 6.60. The van der Waals surface area contributed by atoms with Crippen LogP contribution in [0.15, 0.2) is 30.3 Å². The van der Waals surface area contributed by atoms with Gasteiger partial charge in [0, 0.05) is 19.1 Å². The van der Waals surface area contributed by atoms with E-state index in [1.165, 1.54) is 0 Å². The van der Waals surface area contributed by atoms with E-state index in [-0.39, 0.29) is 5.41 Å². The average Bonchev–Trinajstić information content (AvgIpc) is 3.11. The summed E-state index contributed by atoms with van der Waals surface area (Å²) in [5, 5.41) is 12.6. The van der Waals surface area contributed by atoms with Crippen LogP contribution < -0.4 is 5.32 Å². The van der Waals surface area contributed by atoms with E-state index in [9.17, 15) is 9.90 Å². The van der Waals surface area contributed by atoms with Crippen LogP contribution in [0.25, 0.3) is 0 Å². The molecule has 2 N–H and O–H groups in total. The maximum Gasteiger partial charge on any atom is 0.324 e. The van der Waals surface area contributed by atoms with Crippen LogP contribution in [-0.4, -0.2) is 37.4 Å². The molecule has 0 radical (unpaired) electrons. The fourth-order valence-corrected chi connectivity index (χ4v) is 3.19. The molecule has 0 amide bonds. The molecule has 4 heteroatoms. The van der Waals surface area contributed by atoms with Crippen molar-refractivity contribution in [2.75, 3.05) is 20.8 Å². The number of carbonyl (C=O) groups is 1. The number of likely N-dealkylation sites (N-methyl/N-ethyl adjacent to an activating group) is 1. The number of carboxylic acids is 1. The largest absolute Gasteiger partial charge is 0.480 e. The number of hydrogen-bond acceptors (Lipinski definition) is 3. The Kier molecular flexibility index (Phi) is 3.92. The first-order chi connectivity index (χ1) is 9.13. The second-order valence-corrected chi connectivity index (χ2v) is 5.18. The van der Waals surface area contributed by atoms with E-state index in [4.69, 9.17) is 4.74 Å². The minimum atomic E-state index is -0.831. The van der Waals surface area contributed by atoms with E-state index in [0.29, 0.717) is 13.0 Å². The summed E-state index contributed by atoms with van der Waals surface area (Å²) in [4.78, 5) is 11.6. The number of ether oxygens (including phenoxy) is 1. The van der Waals surface area contributed by atoms with Crippen LogP contribution >= 0.6 is 0 Å². The third-order valence-corrected chi connectivity index (χ3v) is 4.33. The predicted octanol–water partition coefficient (Wildman–Crippen LogP) is 1.80.